The molecular formula is C80H88BN3O. The Morgan fingerprint density at radius 2 is 0.988 bits per heavy atom. The van der Waals surface area contributed by atoms with Crippen LogP contribution in [0, 0.1) is 0 Å². The molecule has 1 aromatic heterocycles. The molecule has 0 amide bonds. The number of nitrogens with zero attached hydrogens (tertiary/aromatic N) is 3. The van der Waals surface area contributed by atoms with E-state index in [4.69, 9.17) is 4.42 Å². The summed E-state index contributed by atoms with van der Waals surface area (Å²) in [5.41, 5.74) is 28.1. The highest BCUT2D eigenvalue weighted by Crippen LogP contribution is 2.63. The van der Waals surface area contributed by atoms with E-state index in [0.29, 0.717) is 0 Å². The lowest BCUT2D eigenvalue weighted by atomic mass is 9.33. The Morgan fingerprint density at radius 1 is 0.412 bits per heavy atom. The number of anilines is 8. The van der Waals surface area contributed by atoms with E-state index in [1.165, 1.54) is 131 Å². The van der Waals surface area contributed by atoms with Gasteiger partial charge in [0.2, 0.25) is 0 Å². The minimum atomic E-state index is -0.195. The van der Waals surface area contributed by atoms with Crippen molar-refractivity contribution in [3.8, 4) is 11.1 Å². The molecule has 432 valence electrons. The largest absolute Gasteiger partial charge is 0.457 e. The minimum Gasteiger partial charge on any atom is -0.457 e. The first-order valence-corrected chi connectivity index (χ1v) is 32.3. The lowest BCUT2D eigenvalue weighted by molar-refractivity contribution is 0.195. The summed E-state index contributed by atoms with van der Waals surface area (Å²) in [5.74, 6) is 0. The SMILES string of the molecule is CC(C)(C)c1ccc(N2c3cc(N4c5ccc(C(C)(C)C)cc5C5(C)CCCCC45C)cc4c3B(c3cc5c(cc3N4c3ccc4c(c3)C(C)(C)CCC4(C)C)C(C)(C)CCC5(C)C)c3c2ccc2c3oc3ccccc32)c(-c2ccccc2)c1. The second-order valence-corrected chi connectivity index (χ2v) is 32.2. The molecule has 0 spiro atoms. The van der Waals surface area contributed by atoms with Gasteiger partial charge in [0, 0.05) is 61.6 Å². The van der Waals surface area contributed by atoms with Crippen molar-refractivity contribution in [3.05, 3.63) is 185 Å². The van der Waals surface area contributed by atoms with Gasteiger partial charge in [-0.1, -0.05) is 196 Å². The first-order valence-electron chi connectivity index (χ1n) is 32.3. The van der Waals surface area contributed by atoms with Crippen molar-refractivity contribution in [3.63, 3.8) is 0 Å². The Kier molecular flexibility index (Phi) is 11.5. The molecule has 4 heterocycles. The third-order valence-electron chi connectivity index (χ3n) is 23.0. The van der Waals surface area contributed by atoms with Crippen molar-refractivity contribution in [2.24, 2.45) is 0 Å². The normalized spacial score (nSPS) is 22.1. The van der Waals surface area contributed by atoms with E-state index in [1.54, 1.807) is 0 Å². The number of fused-ring (bicyclic) bond motifs is 13. The van der Waals surface area contributed by atoms with Crippen molar-refractivity contribution >= 4 is 90.5 Å². The molecule has 1 saturated carbocycles. The number of furan rings is 1. The van der Waals surface area contributed by atoms with Crippen molar-refractivity contribution in [2.75, 3.05) is 14.7 Å². The molecule has 0 N–H and O–H groups in total. The fourth-order valence-corrected chi connectivity index (χ4v) is 17.3. The van der Waals surface area contributed by atoms with Crippen molar-refractivity contribution in [1.29, 1.82) is 0 Å². The van der Waals surface area contributed by atoms with Gasteiger partial charge in [0.15, 0.2) is 0 Å². The fraction of sp³-hybridized carbons (Fsp3) is 0.400. The predicted octanol–water partition coefficient (Wildman–Crippen LogP) is 20.4. The lowest BCUT2D eigenvalue weighted by Gasteiger charge is -2.51. The van der Waals surface area contributed by atoms with E-state index in [2.05, 4.69) is 271 Å². The van der Waals surface area contributed by atoms with Crippen LogP contribution in [0.3, 0.4) is 0 Å². The molecule has 8 aromatic carbocycles. The van der Waals surface area contributed by atoms with Crippen LogP contribution < -0.4 is 31.1 Å². The molecule has 6 aliphatic rings. The van der Waals surface area contributed by atoms with E-state index in [0.717, 1.165) is 54.0 Å². The Morgan fingerprint density at radius 3 is 1.67 bits per heavy atom. The molecule has 2 atom stereocenters. The van der Waals surface area contributed by atoms with Crippen molar-refractivity contribution < 1.29 is 4.42 Å². The maximum absolute atomic E-state index is 7.46. The number of hydrogen-bond donors (Lipinski definition) is 0. The van der Waals surface area contributed by atoms with Gasteiger partial charge < -0.3 is 19.1 Å². The fourth-order valence-electron chi connectivity index (χ4n) is 17.3. The summed E-state index contributed by atoms with van der Waals surface area (Å²) in [6, 6.07) is 58.1. The van der Waals surface area contributed by atoms with Crippen LogP contribution in [-0.4, -0.2) is 12.3 Å². The van der Waals surface area contributed by atoms with Crippen LogP contribution in [0.1, 0.15) is 201 Å². The Bertz CT molecular complexity index is 4290. The third kappa shape index (κ3) is 7.78. The van der Waals surface area contributed by atoms with Crippen LogP contribution in [0.4, 0.5) is 45.5 Å². The summed E-state index contributed by atoms with van der Waals surface area (Å²) in [6.07, 6.45) is 9.30. The van der Waals surface area contributed by atoms with Gasteiger partial charge in [-0.05, 0) is 206 Å². The van der Waals surface area contributed by atoms with E-state index in [-0.39, 0.29) is 50.2 Å². The molecule has 0 saturated heterocycles. The quantitative estimate of drug-likeness (QED) is 0.164. The van der Waals surface area contributed by atoms with Gasteiger partial charge in [-0.15, -0.1) is 0 Å². The van der Waals surface area contributed by atoms with E-state index < -0.39 is 0 Å². The van der Waals surface area contributed by atoms with Gasteiger partial charge in [-0.2, -0.15) is 0 Å². The molecule has 4 nitrogen and oxygen atoms in total. The smallest absolute Gasteiger partial charge is 0.257 e. The van der Waals surface area contributed by atoms with Crippen LogP contribution in [0.2, 0.25) is 0 Å². The highest BCUT2D eigenvalue weighted by Gasteiger charge is 2.59. The summed E-state index contributed by atoms with van der Waals surface area (Å²) in [6.45, 7) is 39.2. The van der Waals surface area contributed by atoms with Crippen LogP contribution in [0.15, 0.2) is 150 Å². The summed E-state index contributed by atoms with van der Waals surface area (Å²) in [4.78, 5) is 8.33. The first kappa shape index (κ1) is 54.7. The standard InChI is InChI=1S/C80H88BN3O/c1-73(2,3)50-28-33-63(56(42-50)49-24-18-17-19-25-49)83-65-35-31-55-54-26-20-21-27-69(54)85-72(55)71(65)81-62-47-59-60(78(13,14)41-40-77(59,11)12)48-66(62)82(52-30-32-57-58(44-52)76(9,10)39-38-75(57,7)8)67-45-53(46-68(83)70(67)81)84-64-34-29-51(74(4,5)6)43-61(64)79(15)36-22-23-37-80(79,84)16/h17-21,24-35,42-48H,22-23,36-41H2,1-16H3. The molecule has 9 aromatic rings. The predicted molar refractivity (Wildman–Crippen MR) is 364 cm³/mol. The zero-order chi connectivity index (χ0) is 59.5. The summed E-state index contributed by atoms with van der Waals surface area (Å²) in [5, 5.41) is 2.32. The molecule has 0 bridgehead atoms. The zero-order valence-corrected chi connectivity index (χ0v) is 53.8. The van der Waals surface area contributed by atoms with Crippen LogP contribution >= 0.6 is 0 Å². The molecule has 85 heavy (non-hydrogen) atoms. The van der Waals surface area contributed by atoms with Crippen molar-refractivity contribution in [1.82, 2.24) is 0 Å². The zero-order valence-electron chi connectivity index (χ0n) is 53.8. The number of benzene rings is 8. The molecule has 3 aliphatic heterocycles. The first-order chi connectivity index (χ1) is 40.1. The Balaban J connectivity index is 1.13. The van der Waals surface area contributed by atoms with Gasteiger partial charge in [0.05, 0.1) is 11.2 Å². The van der Waals surface area contributed by atoms with Gasteiger partial charge in [-0.25, -0.2) is 0 Å². The topological polar surface area (TPSA) is 22.9 Å². The summed E-state index contributed by atoms with van der Waals surface area (Å²) < 4.78 is 7.46. The second kappa shape index (κ2) is 17.8. The van der Waals surface area contributed by atoms with Gasteiger partial charge in [0.1, 0.15) is 11.2 Å². The molecule has 0 radical (unpaired) electrons. The molecule has 1 fully saturated rings. The number of rotatable bonds is 4. The van der Waals surface area contributed by atoms with Gasteiger partial charge in [0.25, 0.3) is 6.71 Å². The van der Waals surface area contributed by atoms with Gasteiger partial charge in [-0.3, -0.25) is 0 Å². The highest BCUT2D eigenvalue weighted by atomic mass is 16.3. The second-order valence-electron chi connectivity index (χ2n) is 32.2. The molecule has 15 rings (SSSR count). The van der Waals surface area contributed by atoms with Crippen LogP contribution in [0.25, 0.3) is 33.1 Å². The number of hydrogen-bond acceptors (Lipinski definition) is 4. The maximum atomic E-state index is 7.46. The van der Waals surface area contributed by atoms with Crippen LogP contribution in [0.5, 0.6) is 0 Å². The monoisotopic (exact) mass is 1120 g/mol. The summed E-state index contributed by atoms with van der Waals surface area (Å²) >= 11 is 0. The molecular weight excluding hydrogens is 1030 g/mol. The molecule has 3 aliphatic carbocycles. The average molecular weight is 1120 g/mol. The van der Waals surface area contributed by atoms with Gasteiger partial charge >= 0.3 is 0 Å². The maximum Gasteiger partial charge on any atom is 0.257 e. The van der Waals surface area contributed by atoms with E-state index in [9.17, 15) is 0 Å². The Labute approximate surface area is 508 Å². The van der Waals surface area contributed by atoms with Crippen LogP contribution in [-0.2, 0) is 37.9 Å². The molecule has 2 unspecified atom stereocenters. The van der Waals surface area contributed by atoms with E-state index >= 15 is 0 Å². The Hall–Kier alpha value is -6.98. The lowest BCUT2D eigenvalue weighted by Crippen LogP contribution is -2.62. The summed E-state index contributed by atoms with van der Waals surface area (Å²) in [7, 11) is 0. The third-order valence-corrected chi connectivity index (χ3v) is 23.0. The van der Waals surface area contributed by atoms with Crippen molar-refractivity contribution in [2.45, 2.75) is 206 Å². The van der Waals surface area contributed by atoms with E-state index in [1.807, 2.05) is 0 Å². The minimum absolute atomic E-state index is 0.00601. The number of para-hydroxylation sites is 1. The highest BCUT2D eigenvalue weighted by molar-refractivity contribution is 7.01. The average Bonchev–Trinajstić information content (AvgIpc) is 1.79. The molecule has 5 heteroatoms.